The number of sulfonamides is 1. The Balaban J connectivity index is 1.80. The van der Waals surface area contributed by atoms with Crippen LogP contribution in [0.5, 0.6) is 0 Å². The molecule has 3 aromatic rings. The van der Waals surface area contributed by atoms with Gasteiger partial charge >= 0.3 is 12.1 Å². The minimum Gasteiger partial charge on any atom is -0.364 e. The van der Waals surface area contributed by atoms with Gasteiger partial charge in [-0.2, -0.15) is 13.2 Å². The predicted octanol–water partition coefficient (Wildman–Crippen LogP) is 5.05. The van der Waals surface area contributed by atoms with E-state index in [4.69, 9.17) is 11.6 Å². The highest BCUT2D eigenvalue weighted by Crippen LogP contribution is 2.39. The van der Waals surface area contributed by atoms with Crippen LogP contribution in [0.2, 0.25) is 5.02 Å². The summed E-state index contributed by atoms with van der Waals surface area (Å²) in [5.74, 6) is -2.31. The second-order valence-corrected chi connectivity index (χ2v) is 11.0. The number of benzene rings is 2. The van der Waals surface area contributed by atoms with Crippen molar-refractivity contribution in [2.45, 2.75) is 49.8 Å². The number of hydroxylamine groups is 1. The van der Waals surface area contributed by atoms with E-state index in [9.17, 15) is 26.4 Å². The van der Waals surface area contributed by atoms with Gasteiger partial charge < -0.3 is 15.1 Å². The summed E-state index contributed by atoms with van der Waals surface area (Å²) in [5.41, 5.74) is 1.59. The molecule has 0 aliphatic carbocycles. The molecule has 0 radical (unpaired) electrons. The Morgan fingerprint density at radius 1 is 1.14 bits per heavy atom. The Labute approximate surface area is 216 Å². The van der Waals surface area contributed by atoms with Crippen molar-refractivity contribution in [3.8, 4) is 0 Å². The van der Waals surface area contributed by atoms with Crippen molar-refractivity contribution in [1.82, 2.24) is 14.4 Å². The number of rotatable bonds is 6. The molecule has 198 valence electrons. The predicted molar refractivity (Wildman–Crippen MR) is 132 cm³/mol. The highest BCUT2D eigenvalue weighted by atomic mass is 35.5. The molecular weight excluding hydrogens is 535 g/mol. The van der Waals surface area contributed by atoms with Gasteiger partial charge in [0.15, 0.2) is 0 Å². The number of aromatic nitrogens is 2. The molecular formula is C23H23ClF3N5O4S. The van der Waals surface area contributed by atoms with Crippen molar-refractivity contribution < 1.29 is 31.2 Å². The van der Waals surface area contributed by atoms with Crippen LogP contribution >= 0.6 is 11.6 Å². The smallest absolute Gasteiger partial charge is 0.364 e. The number of carbonyl (C=O) groups excluding carboxylic acids is 1. The summed E-state index contributed by atoms with van der Waals surface area (Å²) in [6, 6.07) is 9.40. The average molecular weight is 558 g/mol. The molecule has 0 spiro atoms. The van der Waals surface area contributed by atoms with Crippen molar-refractivity contribution in [3.05, 3.63) is 47.7 Å². The molecule has 4 rings (SSSR count). The fourth-order valence-corrected chi connectivity index (χ4v) is 5.43. The monoisotopic (exact) mass is 557 g/mol. The molecule has 2 aromatic carbocycles. The topological polar surface area (TPSA) is 105 Å². The summed E-state index contributed by atoms with van der Waals surface area (Å²) in [6.45, 7) is 4.09. The first-order chi connectivity index (χ1) is 17.3. The lowest BCUT2D eigenvalue weighted by molar-refractivity contribution is -0.219. The highest BCUT2D eigenvalue weighted by Gasteiger charge is 2.44. The standard InChI is InChI=1S/C23H23ClF3N5O4S/c1-13-4-5-14(2)32(13)20-9-7-16(37(34,35)31(3)36-22(33)23(25,26)27)11-19(20)30-21-17-10-15(24)6-8-18(17)28-12-29-21/h6-14H,4-5H2,1-3H3,(H,28,29,30). The molecule has 0 saturated carbocycles. The number of halogens is 4. The number of carbonyl (C=O) groups is 1. The zero-order valence-electron chi connectivity index (χ0n) is 20.0. The van der Waals surface area contributed by atoms with Crippen LogP contribution < -0.4 is 10.2 Å². The zero-order chi connectivity index (χ0) is 27.1. The minimum absolute atomic E-state index is 0.109. The van der Waals surface area contributed by atoms with Crippen molar-refractivity contribution in [2.24, 2.45) is 0 Å². The van der Waals surface area contributed by atoms with Gasteiger partial charge in [-0.1, -0.05) is 11.6 Å². The third kappa shape index (κ3) is 5.43. The molecule has 9 nitrogen and oxygen atoms in total. The van der Waals surface area contributed by atoms with Crippen LogP contribution in [0.3, 0.4) is 0 Å². The number of anilines is 3. The number of nitrogens with zero attached hydrogens (tertiary/aromatic N) is 4. The fourth-order valence-electron chi connectivity index (χ4n) is 4.29. The van der Waals surface area contributed by atoms with Crippen LogP contribution in [0.25, 0.3) is 10.9 Å². The van der Waals surface area contributed by atoms with E-state index in [1.807, 2.05) is 13.8 Å². The average Bonchev–Trinajstić information content (AvgIpc) is 3.16. The molecule has 1 aromatic heterocycles. The number of hydrogen-bond donors (Lipinski definition) is 1. The van der Waals surface area contributed by atoms with Gasteiger partial charge in [0.25, 0.3) is 10.0 Å². The summed E-state index contributed by atoms with van der Waals surface area (Å²) in [7, 11) is -3.93. The first-order valence-corrected chi connectivity index (χ1v) is 13.0. The third-order valence-corrected chi connectivity index (χ3v) is 7.96. The summed E-state index contributed by atoms with van der Waals surface area (Å²) < 4.78 is 63.8. The molecule has 0 amide bonds. The first kappa shape index (κ1) is 26.9. The lowest BCUT2D eigenvalue weighted by Gasteiger charge is -2.31. The molecule has 1 saturated heterocycles. The molecule has 1 aliphatic heterocycles. The van der Waals surface area contributed by atoms with Crippen molar-refractivity contribution in [2.75, 3.05) is 17.3 Å². The van der Waals surface area contributed by atoms with Crippen molar-refractivity contribution >= 4 is 55.7 Å². The number of alkyl halides is 3. The van der Waals surface area contributed by atoms with Gasteiger partial charge in [-0.05, 0) is 67.6 Å². The normalized spacial score (nSPS) is 18.4. The summed E-state index contributed by atoms with van der Waals surface area (Å²) in [4.78, 5) is 25.5. The second-order valence-electron chi connectivity index (χ2n) is 8.66. The molecule has 1 N–H and O–H groups in total. The number of hydrogen-bond acceptors (Lipinski definition) is 8. The Morgan fingerprint density at radius 3 is 2.46 bits per heavy atom. The van der Waals surface area contributed by atoms with Crippen LogP contribution in [-0.2, 0) is 19.7 Å². The van der Waals surface area contributed by atoms with E-state index < -0.39 is 27.1 Å². The van der Waals surface area contributed by atoms with Crippen LogP contribution in [-0.4, -0.2) is 54.1 Å². The molecule has 2 unspecified atom stereocenters. The lowest BCUT2D eigenvalue weighted by atomic mass is 10.2. The van der Waals surface area contributed by atoms with E-state index >= 15 is 0 Å². The maximum Gasteiger partial charge on any atom is 0.492 e. The van der Waals surface area contributed by atoms with Gasteiger partial charge in [-0.15, -0.1) is 0 Å². The molecule has 0 bridgehead atoms. The van der Waals surface area contributed by atoms with Crippen LogP contribution in [0, 0.1) is 0 Å². The molecule has 2 heterocycles. The van der Waals surface area contributed by atoms with Gasteiger partial charge in [-0.25, -0.2) is 23.2 Å². The quantitative estimate of drug-likeness (QED) is 0.420. The summed E-state index contributed by atoms with van der Waals surface area (Å²) >= 11 is 6.16. The Kier molecular flexibility index (Phi) is 7.23. The number of fused-ring (bicyclic) bond motifs is 1. The molecule has 14 heteroatoms. The third-order valence-electron chi connectivity index (χ3n) is 6.13. The highest BCUT2D eigenvalue weighted by molar-refractivity contribution is 7.89. The molecule has 37 heavy (non-hydrogen) atoms. The van der Waals surface area contributed by atoms with E-state index in [0.29, 0.717) is 40.2 Å². The summed E-state index contributed by atoms with van der Waals surface area (Å²) in [6.07, 6.45) is -2.19. The molecule has 1 aliphatic rings. The van der Waals surface area contributed by atoms with Crippen molar-refractivity contribution in [3.63, 3.8) is 0 Å². The molecule has 1 fully saturated rings. The van der Waals surface area contributed by atoms with Gasteiger partial charge in [0.05, 0.1) is 21.8 Å². The van der Waals surface area contributed by atoms with E-state index in [1.54, 1.807) is 24.3 Å². The molecule has 2 atom stereocenters. The van der Waals surface area contributed by atoms with Crippen LogP contribution in [0.1, 0.15) is 26.7 Å². The van der Waals surface area contributed by atoms with E-state index in [0.717, 1.165) is 12.8 Å². The maximum absolute atomic E-state index is 13.0. The van der Waals surface area contributed by atoms with Crippen molar-refractivity contribution in [1.29, 1.82) is 0 Å². The summed E-state index contributed by atoms with van der Waals surface area (Å²) in [5, 5.41) is 4.17. The second kappa shape index (κ2) is 9.95. The van der Waals surface area contributed by atoms with Crippen LogP contribution in [0.4, 0.5) is 30.4 Å². The van der Waals surface area contributed by atoms with E-state index in [2.05, 4.69) is 25.0 Å². The minimum atomic E-state index is -5.36. The van der Waals surface area contributed by atoms with Gasteiger partial charge in [0.2, 0.25) is 0 Å². The maximum atomic E-state index is 13.0. The SMILES string of the molecule is CC1CCC(C)N1c1ccc(S(=O)(=O)N(C)OC(=O)C(F)(F)F)cc1Nc1ncnc2ccc(Cl)cc12. The Morgan fingerprint density at radius 2 is 1.81 bits per heavy atom. The Hall–Kier alpha value is -3.16. The fraction of sp³-hybridized carbons (Fsp3) is 0.348. The number of nitrogens with one attached hydrogen (secondary N) is 1. The first-order valence-electron chi connectivity index (χ1n) is 11.2. The Bertz CT molecular complexity index is 1440. The van der Waals surface area contributed by atoms with E-state index in [-0.39, 0.29) is 16.6 Å². The van der Waals surface area contributed by atoms with E-state index in [1.165, 1.54) is 18.5 Å². The van der Waals surface area contributed by atoms with Gasteiger partial charge in [0.1, 0.15) is 12.1 Å². The van der Waals surface area contributed by atoms with Gasteiger partial charge in [-0.3, -0.25) is 0 Å². The van der Waals surface area contributed by atoms with Gasteiger partial charge in [0, 0.05) is 29.5 Å². The lowest BCUT2D eigenvalue weighted by Crippen LogP contribution is -2.36. The zero-order valence-corrected chi connectivity index (χ0v) is 21.5. The largest absolute Gasteiger partial charge is 0.492 e. The van der Waals surface area contributed by atoms with Crippen LogP contribution in [0.15, 0.2) is 47.6 Å².